The van der Waals surface area contributed by atoms with Gasteiger partial charge in [0.2, 0.25) is 5.88 Å². The fourth-order valence-electron chi connectivity index (χ4n) is 0.882. The maximum Gasteiger partial charge on any atom is 0.254 e. The Bertz CT molecular complexity index is 313. The van der Waals surface area contributed by atoms with Gasteiger partial charge in [-0.15, -0.1) is 12.4 Å². The highest BCUT2D eigenvalue weighted by atomic mass is 35.5. The Hall–Kier alpha value is -1.07. The number of nitrogens with two attached hydrogens (primary N) is 1. The molecular weight excluding hydrogens is 194 g/mol. The molecule has 74 valence electrons. The van der Waals surface area contributed by atoms with Crippen LogP contribution in [-0.4, -0.2) is 21.6 Å². The van der Waals surface area contributed by atoms with Crippen LogP contribution >= 0.6 is 12.4 Å². The van der Waals surface area contributed by atoms with E-state index in [1.807, 2.05) is 0 Å². The summed E-state index contributed by atoms with van der Waals surface area (Å²) in [7, 11) is 0. The second-order valence-electron chi connectivity index (χ2n) is 2.44. The zero-order valence-corrected chi connectivity index (χ0v) is 7.80. The number of aromatic nitrogens is 2. The van der Waals surface area contributed by atoms with Crippen molar-refractivity contribution in [2.45, 2.75) is 12.8 Å². The first-order valence-electron chi connectivity index (χ1n) is 3.71. The molecular formula is C7H12ClN3O2. The minimum Gasteiger partial charge on any atom is -0.493 e. The Morgan fingerprint density at radius 3 is 2.85 bits per heavy atom. The van der Waals surface area contributed by atoms with Crippen molar-refractivity contribution in [1.82, 2.24) is 9.97 Å². The molecule has 0 atom stereocenters. The average Bonchev–Trinajstić information content (AvgIpc) is 1.99. The van der Waals surface area contributed by atoms with Crippen molar-refractivity contribution in [3.05, 3.63) is 22.2 Å². The quantitative estimate of drug-likeness (QED) is 0.637. The first-order chi connectivity index (χ1) is 5.72. The topological polar surface area (TPSA) is 92.0 Å². The van der Waals surface area contributed by atoms with Crippen LogP contribution in [0.1, 0.15) is 12.2 Å². The van der Waals surface area contributed by atoms with E-state index in [2.05, 4.69) is 9.97 Å². The summed E-state index contributed by atoms with van der Waals surface area (Å²) in [5, 5.41) is 8.93. The minimum absolute atomic E-state index is 0. The number of hydrogen-bond acceptors (Lipinski definition) is 4. The van der Waals surface area contributed by atoms with Gasteiger partial charge < -0.3 is 15.8 Å². The molecule has 13 heavy (non-hydrogen) atoms. The first-order valence-corrected chi connectivity index (χ1v) is 3.71. The zero-order chi connectivity index (χ0) is 8.97. The van der Waals surface area contributed by atoms with E-state index >= 15 is 0 Å². The largest absolute Gasteiger partial charge is 0.493 e. The summed E-state index contributed by atoms with van der Waals surface area (Å²) in [4.78, 5) is 17.0. The monoisotopic (exact) mass is 205 g/mol. The lowest BCUT2D eigenvalue weighted by molar-refractivity contribution is 0.447. The molecule has 0 bridgehead atoms. The molecule has 1 rings (SSSR count). The van der Waals surface area contributed by atoms with Gasteiger partial charge in [-0.1, -0.05) is 0 Å². The fraction of sp³-hybridized carbons (Fsp3) is 0.429. The Labute approximate surface area is 81.4 Å². The second-order valence-corrected chi connectivity index (χ2v) is 2.44. The van der Waals surface area contributed by atoms with Crippen LogP contribution < -0.4 is 11.3 Å². The van der Waals surface area contributed by atoms with Gasteiger partial charge >= 0.3 is 0 Å². The Kier molecular flexibility index (Phi) is 5.10. The van der Waals surface area contributed by atoms with Crippen LogP contribution in [0.3, 0.4) is 0 Å². The molecule has 1 aromatic rings. The summed E-state index contributed by atoms with van der Waals surface area (Å²) in [6.45, 7) is 0.541. The summed E-state index contributed by atoms with van der Waals surface area (Å²) in [5.41, 5.74) is 4.93. The maximum absolute atomic E-state index is 10.8. The van der Waals surface area contributed by atoms with Crippen LogP contribution in [0.5, 0.6) is 5.88 Å². The number of nitrogens with one attached hydrogen (secondary N) is 1. The highest BCUT2D eigenvalue weighted by molar-refractivity contribution is 5.85. The van der Waals surface area contributed by atoms with Crippen LogP contribution in [-0.2, 0) is 6.42 Å². The summed E-state index contributed by atoms with van der Waals surface area (Å²) >= 11 is 0. The normalized spacial score (nSPS) is 9.31. The van der Waals surface area contributed by atoms with Crippen LogP contribution in [0.25, 0.3) is 0 Å². The van der Waals surface area contributed by atoms with Crippen molar-refractivity contribution in [2.75, 3.05) is 6.54 Å². The van der Waals surface area contributed by atoms with E-state index in [1.165, 1.54) is 0 Å². The molecule has 6 heteroatoms. The molecule has 0 aliphatic carbocycles. The maximum atomic E-state index is 10.8. The van der Waals surface area contributed by atoms with E-state index in [9.17, 15) is 4.79 Å². The fourth-order valence-corrected chi connectivity index (χ4v) is 0.882. The van der Waals surface area contributed by atoms with E-state index in [-0.39, 0.29) is 23.8 Å². The van der Waals surface area contributed by atoms with Crippen LogP contribution in [0.15, 0.2) is 10.9 Å². The number of rotatable bonds is 3. The molecule has 0 aliphatic rings. The average molecular weight is 206 g/mol. The van der Waals surface area contributed by atoms with Crippen molar-refractivity contribution < 1.29 is 5.11 Å². The van der Waals surface area contributed by atoms with Crippen molar-refractivity contribution in [1.29, 1.82) is 0 Å². The van der Waals surface area contributed by atoms with Gasteiger partial charge in [-0.2, -0.15) is 0 Å². The highest BCUT2D eigenvalue weighted by Gasteiger charge is 1.98. The summed E-state index contributed by atoms with van der Waals surface area (Å²) in [6.07, 6.45) is 1.33. The molecule has 0 unspecified atom stereocenters. The van der Waals surface area contributed by atoms with Gasteiger partial charge in [-0.3, -0.25) is 4.79 Å². The minimum atomic E-state index is -0.338. The van der Waals surface area contributed by atoms with Gasteiger partial charge in [0.1, 0.15) is 5.82 Å². The Morgan fingerprint density at radius 1 is 1.62 bits per heavy atom. The molecule has 0 saturated carbocycles. The van der Waals surface area contributed by atoms with E-state index in [4.69, 9.17) is 10.8 Å². The van der Waals surface area contributed by atoms with Crippen molar-refractivity contribution >= 4 is 12.4 Å². The third-order valence-electron chi connectivity index (χ3n) is 1.39. The molecule has 0 aromatic carbocycles. The van der Waals surface area contributed by atoms with Gasteiger partial charge in [0.05, 0.1) is 6.07 Å². The summed E-state index contributed by atoms with van der Waals surface area (Å²) < 4.78 is 0. The predicted molar refractivity (Wildman–Crippen MR) is 51.1 cm³/mol. The molecule has 1 aromatic heterocycles. The predicted octanol–water partition coefficient (Wildman–Crippen LogP) is -0.211. The van der Waals surface area contributed by atoms with Crippen LogP contribution in [0.4, 0.5) is 0 Å². The molecule has 0 amide bonds. The van der Waals surface area contributed by atoms with Gasteiger partial charge in [0.25, 0.3) is 5.56 Å². The number of nitrogens with zero attached hydrogens (tertiary/aromatic N) is 1. The number of hydrogen-bond donors (Lipinski definition) is 3. The van der Waals surface area contributed by atoms with E-state index < -0.39 is 0 Å². The number of aromatic hydroxyl groups is 1. The molecule has 0 spiro atoms. The number of H-pyrrole nitrogens is 1. The molecule has 0 aliphatic heterocycles. The van der Waals surface area contributed by atoms with Gasteiger partial charge in [0, 0.05) is 6.42 Å². The first kappa shape index (κ1) is 11.9. The lowest BCUT2D eigenvalue weighted by Gasteiger charge is -1.98. The molecule has 0 fully saturated rings. The van der Waals surface area contributed by atoms with E-state index in [0.29, 0.717) is 18.8 Å². The van der Waals surface area contributed by atoms with Crippen molar-refractivity contribution in [2.24, 2.45) is 5.73 Å². The smallest absolute Gasteiger partial charge is 0.254 e. The number of aryl methyl sites for hydroxylation is 1. The van der Waals surface area contributed by atoms with E-state index in [1.54, 1.807) is 0 Å². The molecule has 4 N–H and O–H groups in total. The lowest BCUT2D eigenvalue weighted by atomic mass is 10.3. The lowest BCUT2D eigenvalue weighted by Crippen LogP contribution is -2.11. The number of halogens is 1. The SMILES string of the molecule is Cl.NCCCc1nc(O)cc(=O)[nH]1. The van der Waals surface area contributed by atoms with Gasteiger partial charge in [0.15, 0.2) is 0 Å². The summed E-state index contributed by atoms with van der Waals surface area (Å²) in [6, 6.07) is 1.03. The number of aromatic amines is 1. The van der Waals surface area contributed by atoms with E-state index in [0.717, 1.165) is 12.5 Å². The zero-order valence-electron chi connectivity index (χ0n) is 6.99. The molecule has 1 heterocycles. The third kappa shape index (κ3) is 3.91. The standard InChI is InChI=1S/C7H11N3O2.ClH/c8-3-1-2-5-9-6(11)4-7(12)10-5;/h4H,1-3,8H2,(H2,9,10,11,12);1H. The Morgan fingerprint density at radius 2 is 2.31 bits per heavy atom. The second kappa shape index (κ2) is 5.55. The van der Waals surface area contributed by atoms with Gasteiger partial charge in [-0.25, -0.2) is 4.98 Å². The molecule has 5 nitrogen and oxygen atoms in total. The molecule has 0 saturated heterocycles. The van der Waals surface area contributed by atoms with Crippen molar-refractivity contribution in [3.8, 4) is 5.88 Å². The van der Waals surface area contributed by atoms with Crippen LogP contribution in [0, 0.1) is 0 Å². The Balaban J connectivity index is 0.00000144. The summed E-state index contributed by atoms with van der Waals surface area (Å²) in [5.74, 6) is 0.233. The third-order valence-corrected chi connectivity index (χ3v) is 1.39. The molecule has 0 radical (unpaired) electrons. The van der Waals surface area contributed by atoms with Gasteiger partial charge in [-0.05, 0) is 13.0 Å². The highest BCUT2D eigenvalue weighted by Crippen LogP contribution is 1.99. The van der Waals surface area contributed by atoms with Crippen molar-refractivity contribution in [3.63, 3.8) is 0 Å². The van der Waals surface area contributed by atoms with Crippen LogP contribution in [0.2, 0.25) is 0 Å².